The second-order valence-corrected chi connectivity index (χ2v) is 8.75. The Bertz CT molecular complexity index is 967. The maximum Gasteiger partial charge on any atom is 0.251 e. The van der Waals surface area contributed by atoms with E-state index in [1.807, 2.05) is 66.4 Å². The van der Waals surface area contributed by atoms with Crippen LogP contribution in [-0.2, 0) is 9.59 Å². The molecule has 6 heteroatoms. The van der Waals surface area contributed by atoms with E-state index >= 15 is 0 Å². The number of nitrogens with one attached hydrogen (secondary N) is 1. The average molecular weight is 434 g/mol. The van der Waals surface area contributed by atoms with Gasteiger partial charge in [-0.15, -0.1) is 0 Å². The molecule has 0 aromatic heterocycles. The lowest BCUT2D eigenvalue weighted by molar-refractivity contribution is -0.148. The van der Waals surface area contributed by atoms with E-state index in [0.29, 0.717) is 44.5 Å². The van der Waals surface area contributed by atoms with E-state index in [-0.39, 0.29) is 23.8 Å². The molecule has 4 rings (SSSR count). The van der Waals surface area contributed by atoms with E-state index in [4.69, 9.17) is 0 Å². The van der Waals surface area contributed by atoms with Gasteiger partial charge in [0, 0.05) is 37.7 Å². The molecule has 32 heavy (non-hydrogen) atoms. The number of amides is 3. The molecule has 0 saturated carbocycles. The quantitative estimate of drug-likeness (QED) is 0.785. The minimum Gasteiger partial charge on any atom is -0.349 e. The molecule has 2 aliphatic rings. The number of nitrogens with zero attached hydrogens (tertiary/aromatic N) is 2. The number of carbonyl (C=O) groups excluding carboxylic acids is 3. The summed E-state index contributed by atoms with van der Waals surface area (Å²) >= 11 is 0. The van der Waals surface area contributed by atoms with Crippen LogP contribution in [0.1, 0.15) is 59.6 Å². The first-order valence-corrected chi connectivity index (χ1v) is 11.5. The Hall–Kier alpha value is -3.15. The summed E-state index contributed by atoms with van der Waals surface area (Å²) in [5.41, 5.74) is 2.51. The minimum atomic E-state index is -0.567. The highest BCUT2D eigenvalue weighted by molar-refractivity contribution is 5.95. The summed E-state index contributed by atoms with van der Waals surface area (Å²) in [6, 6.07) is 16.6. The fraction of sp³-hybridized carbons (Fsp3) is 0.423. The van der Waals surface area contributed by atoms with E-state index in [0.717, 1.165) is 24.0 Å². The summed E-state index contributed by atoms with van der Waals surface area (Å²) in [5, 5.41) is 3.13. The van der Waals surface area contributed by atoms with Gasteiger partial charge in [0.2, 0.25) is 11.8 Å². The second-order valence-electron chi connectivity index (χ2n) is 8.75. The van der Waals surface area contributed by atoms with Gasteiger partial charge in [-0.05, 0) is 49.8 Å². The van der Waals surface area contributed by atoms with E-state index < -0.39 is 6.04 Å². The predicted molar refractivity (Wildman–Crippen MR) is 123 cm³/mol. The van der Waals surface area contributed by atoms with Crippen LogP contribution in [0.25, 0.3) is 0 Å². The molecule has 2 fully saturated rings. The monoisotopic (exact) mass is 433 g/mol. The van der Waals surface area contributed by atoms with Crippen molar-refractivity contribution in [2.45, 2.75) is 51.1 Å². The molecule has 3 amide bonds. The highest BCUT2D eigenvalue weighted by Gasteiger charge is 2.36. The molecule has 0 spiro atoms. The van der Waals surface area contributed by atoms with Crippen LogP contribution in [-0.4, -0.2) is 53.2 Å². The molecular formula is C26H31N3O3. The Balaban J connectivity index is 1.42. The smallest absolute Gasteiger partial charge is 0.251 e. The molecule has 0 bridgehead atoms. The molecule has 1 unspecified atom stereocenters. The molecular weight excluding hydrogens is 402 g/mol. The van der Waals surface area contributed by atoms with Crippen LogP contribution >= 0.6 is 0 Å². The van der Waals surface area contributed by atoms with Crippen molar-refractivity contribution < 1.29 is 14.4 Å². The Kier molecular flexibility index (Phi) is 6.88. The van der Waals surface area contributed by atoms with Gasteiger partial charge in [0.25, 0.3) is 5.91 Å². The Morgan fingerprint density at radius 1 is 0.938 bits per heavy atom. The summed E-state index contributed by atoms with van der Waals surface area (Å²) in [6.07, 6.45) is 3.73. The number of hydrogen-bond donors (Lipinski definition) is 1. The molecule has 0 aliphatic carbocycles. The van der Waals surface area contributed by atoms with Crippen molar-refractivity contribution in [1.82, 2.24) is 15.1 Å². The van der Waals surface area contributed by atoms with Gasteiger partial charge in [0.15, 0.2) is 0 Å². The topological polar surface area (TPSA) is 69.7 Å². The normalized spacial score (nSPS) is 18.3. The summed E-state index contributed by atoms with van der Waals surface area (Å²) < 4.78 is 0. The summed E-state index contributed by atoms with van der Waals surface area (Å²) in [6.45, 7) is 3.70. The van der Waals surface area contributed by atoms with E-state index in [1.165, 1.54) is 0 Å². The number of benzene rings is 2. The number of carbonyl (C=O) groups is 3. The molecule has 6 nitrogen and oxygen atoms in total. The molecule has 0 radical (unpaired) electrons. The molecule has 2 heterocycles. The van der Waals surface area contributed by atoms with Crippen molar-refractivity contribution in [1.29, 1.82) is 0 Å². The summed E-state index contributed by atoms with van der Waals surface area (Å²) in [7, 11) is 0. The zero-order chi connectivity index (χ0) is 22.5. The highest BCUT2D eigenvalue weighted by Crippen LogP contribution is 2.28. The van der Waals surface area contributed by atoms with Crippen LogP contribution in [0, 0.1) is 6.92 Å². The number of piperidine rings is 2. The van der Waals surface area contributed by atoms with Gasteiger partial charge < -0.3 is 15.1 Å². The largest absolute Gasteiger partial charge is 0.349 e. The zero-order valence-electron chi connectivity index (χ0n) is 18.6. The molecule has 2 aliphatic heterocycles. The highest BCUT2D eigenvalue weighted by atomic mass is 16.2. The maximum atomic E-state index is 13.6. The summed E-state index contributed by atoms with van der Waals surface area (Å²) in [5.74, 6) is -0.0251. The first-order chi connectivity index (χ1) is 15.5. The van der Waals surface area contributed by atoms with Crippen LogP contribution in [0.3, 0.4) is 0 Å². The van der Waals surface area contributed by atoms with Gasteiger partial charge in [0.05, 0.1) is 0 Å². The van der Waals surface area contributed by atoms with Crippen molar-refractivity contribution in [2.24, 2.45) is 0 Å². The number of hydrogen-bond acceptors (Lipinski definition) is 3. The first-order valence-electron chi connectivity index (χ1n) is 11.5. The Morgan fingerprint density at radius 3 is 2.31 bits per heavy atom. The molecule has 2 aromatic rings. The van der Waals surface area contributed by atoms with Crippen molar-refractivity contribution in [3.05, 3.63) is 71.3 Å². The van der Waals surface area contributed by atoms with E-state index in [1.54, 1.807) is 4.90 Å². The zero-order valence-corrected chi connectivity index (χ0v) is 18.6. The first kappa shape index (κ1) is 22.1. The van der Waals surface area contributed by atoms with Gasteiger partial charge in [-0.2, -0.15) is 0 Å². The van der Waals surface area contributed by atoms with Gasteiger partial charge in [-0.3, -0.25) is 14.4 Å². The van der Waals surface area contributed by atoms with Gasteiger partial charge in [-0.1, -0.05) is 48.5 Å². The fourth-order valence-electron chi connectivity index (χ4n) is 4.70. The van der Waals surface area contributed by atoms with Crippen molar-refractivity contribution in [2.75, 3.05) is 19.6 Å². The van der Waals surface area contributed by atoms with E-state index in [2.05, 4.69) is 5.32 Å². The lowest BCUT2D eigenvalue weighted by Gasteiger charge is -2.39. The molecule has 1 N–H and O–H groups in total. The van der Waals surface area contributed by atoms with Crippen LogP contribution in [0.2, 0.25) is 0 Å². The second kappa shape index (κ2) is 9.98. The Morgan fingerprint density at radius 2 is 1.62 bits per heavy atom. The standard InChI is InChI=1S/C26H31N3O3/c1-19-9-5-6-12-22(19)25(31)27-21-14-17-28(18-15-21)26(32)24(20-10-3-2-4-11-20)29-16-8-7-13-23(29)30/h2-6,9-12,21,24H,7-8,13-18H2,1H3,(H,27,31). The third kappa shape index (κ3) is 4.85. The number of aryl methyl sites for hydroxylation is 1. The van der Waals surface area contributed by atoms with Crippen molar-refractivity contribution in [3.8, 4) is 0 Å². The SMILES string of the molecule is Cc1ccccc1C(=O)NC1CCN(C(=O)C(c2ccccc2)N2CCCCC2=O)CC1. The lowest BCUT2D eigenvalue weighted by atomic mass is 9.97. The van der Waals surface area contributed by atoms with Gasteiger partial charge >= 0.3 is 0 Å². The summed E-state index contributed by atoms with van der Waals surface area (Å²) in [4.78, 5) is 42.5. The van der Waals surface area contributed by atoms with Crippen LogP contribution in [0.4, 0.5) is 0 Å². The predicted octanol–water partition coefficient (Wildman–Crippen LogP) is 3.47. The molecule has 2 aromatic carbocycles. The Labute approximate surface area is 189 Å². The third-order valence-corrected chi connectivity index (χ3v) is 6.55. The minimum absolute atomic E-state index is 0.0184. The van der Waals surface area contributed by atoms with Gasteiger partial charge in [0.1, 0.15) is 6.04 Å². The van der Waals surface area contributed by atoms with Crippen LogP contribution in [0.15, 0.2) is 54.6 Å². The lowest BCUT2D eigenvalue weighted by Crippen LogP contribution is -2.51. The molecule has 2 saturated heterocycles. The number of rotatable bonds is 5. The third-order valence-electron chi connectivity index (χ3n) is 6.55. The van der Waals surface area contributed by atoms with E-state index in [9.17, 15) is 14.4 Å². The van der Waals surface area contributed by atoms with Crippen LogP contribution in [0.5, 0.6) is 0 Å². The molecule has 1 atom stereocenters. The van der Waals surface area contributed by atoms with Crippen LogP contribution < -0.4 is 5.32 Å². The maximum absolute atomic E-state index is 13.6. The fourth-order valence-corrected chi connectivity index (χ4v) is 4.70. The van der Waals surface area contributed by atoms with Crippen molar-refractivity contribution in [3.63, 3.8) is 0 Å². The number of likely N-dealkylation sites (tertiary alicyclic amines) is 2. The average Bonchev–Trinajstić information content (AvgIpc) is 2.82. The molecule has 168 valence electrons. The van der Waals surface area contributed by atoms with Gasteiger partial charge in [-0.25, -0.2) is 0 Å². The van der Waals surface area contributed by atoms with Crippen molar-refractivity contribution >= 4 is 17.7 Å².